The highest BCUT2D eigenvalue weighted by Crippen LogP contribution is 2.33. The third-order valence-electron chi connectivity index (χ3n) is 4.12. The first-order chi connectivity index (χ1) is 10.1. The van der Waals surface area contributed by atoms with Gasteiger partial charge in [-0.05, 0) is 31.7 Å². The molecule has 0 radical (unpaired) electrons. The van der Waals surface area contributed by atoms with Crippen LogP contribution in [0.2, 0.25) is 0 Å². The van der Waals surface area contributed by atoms with Crippen molar-refractivity contribution in [3.8, 4) is 0 Å². The van der Waals surface area contributed by atoms with Crippen molar-refractivity contribution >= 4 is 33.1 Å². The smallest absolute Gasteiger partial charge is 0.266 e. The second kappa shape index (κ2) is 5.57. The number of nitrogens with two attached hydrogens (primary N) is 1. The summed E-state index contributed by atoms with van der Waals surface area (Å²) in [6, 6.07) is 1.78. The van der Waals surface area contributed by atoms with Crippen molar-refractivity contribution in [2.24, 2.45) is 5.92 Å². The van der Waals surface area contributed by atoms with E-state index in [0.29, 0.717) is 28.5 Å². The van der Waals surface area contributed by atoms with Crippen LogP contribution in [0.1, 0.15) is 29.4 Å². The van der Waals surface area contributed by atoms with Gasteiger partial charge in [0.1, 0.15) is 9.71 Å². The number of fused-ring (bicyclic) bond motifs is 1. The number of aliphatic hydroxyl groups excluding tert-OH is 1. The van der Waals surface area contributed by atoms with Gasteiger partial charge in [0, 0.05) is 18.5 Å². The molecule has 2 aromatic rings. The second-order valence-electron chi connectivity index (χ2n) is 5.47. The second-order valence-corrected chi connectivity index (χ2v) is 6.46. The molecule has 3 N–H and O–H groups in total. The molecule has 1 aliphatic rings. The molecule has 6 nitrogen and oxygen atoms in total. The normalized spacial score (nSPS) is 18.1. The summed E-state index contributed by atoms with van der Waals surface area (Å²) in [6.07, 6.45) is 2.92. The quantitative estimate of drug-likeness (QED) is 0.877. The van der Waals surface area contributed by atoms with Gasteiger partial charge < -0.3 is 15.7 Å². The van der Waals surface area contributed by atoms with Crippen LogP contribution in [0.3, 0.4) is 0 Å². The van der Waals surface area contributed by atoms with Gasteiger partial charge in [0.2, 0.25) is 0 Å². The Morgan fingerprint density at radius 3 is 2.86 bits per heavy atom. The van der Waals surface area contributed by atoms with Crippen LogP contribution in [0.4, 0.5) is 5.69 Å². The maximum absolute atomic E-state index is 12.6. The SMILES string of the molecule is CC(O)C1CCN(C(=O)c2sc3nnccc3c2N)CC1. The highest BCUT2D eigenvalue weighted by molar-refractivity contribution is 7.21. The van der Waals surface area contributed by atoms with E-state index >= 15 is 0 Å². The number of hydrogen-bond acceptors (Lipinski definition) is 6. The molecule has 0 saturated carbocycles. The number of hydrogen-bond donors (Lipinski definition) is 2. The van der Waals surface area contributed by atoms with Crippen LogP contribution in [0.15, 0.2) is 12.3 Å². The minimum Gasteiger partial charge on any atom is -0.397 e. The molecule has 0 bridgehead atoms. The number of carbonyl (C=O) groups is 1. The molecule has 1 unspecified atom stereocenters. The molecule has 1 fully saturated rings. The van der Waals surface area contributed by atoms with Gasteiger partial charge in [-0.3, -0.25) is 4.79 Å². The maximum Gasteiger partial charge on any atom is 0.266 e. The third-order valence-corrected chi connectivity index (χ3v) is 5.22. The fourth-order valence-electron chi connectivity index (χ4n) is 2.76. The Morgan fingerprint density at radius 2 is 2.24 bits per heavy atom. The fraction of sp³-hybridized carbons (Fsp3) is 0.500. The lowest BCUT2D eigenvalue weighted by Gasteiger charge is -2.33. The van der Waals surface area contributed by atoms with Gasteiger partial charge in [-0.25, -0.2) is 0 Å². The van der Waals surface area contributed by atoms with Gasteiger partial charge in [0.05, 0.1) is 18.0 Å². The number of anilines is 1. The molecule has 3 rings (SSSR count). The summed E-state index contributed by atoms with van der Waals surface area (Å²) < 4.78 is 0. The van der Waals surface area contributed by atoms with E-state index in [1.807, 2.05) is 11.8 Å². The number of amides is 1. The molecule has 1 saturated heterocycles. The molecular formula is C14H18N4O2S. The summed E-state index contributed by atoms with van der Waals surface area (Å²) in [7, 11) is 0. The van der Waals surface area contributed by atoms with Crippen LogP contribution < -0.4 is 5.73 Å². The summed E-state index contributed by atoms with van der Waals surface area (Å²) in [5, 5.41) is 18.2. The molecule has 2 aromatic heterocycles. The summed E-state index contributed by atoms with van der Waals surface area (Å²) in [5.41, 5.74) is 6.57. The minimum absolute atomic E-state index is 0.0421. The Bertz CT molecular complexity index is 662. The average molecular weight is 306 g/mol. The Labute approximate surface area is 126 Å². The monoisotopic (exact) mass is 306 g/mol. The average Bonchev–Trinajstić information content (AvgIpc) is 2.84. The molecule has 0 spiro atoms. The van der Waals surface area contributed by atoms with E-state index in [1.54, 1.807) is 12.3 Å². The van der Waals surface area contributed by atoms with E-state index in [-0.39, 0.29) is 17.9 Å². The Balaban J connectivity index is 1.80. The number of aliphatic hydroxyl groups is 1. The van der Waals surface area contributed by atoms with Crippen molar-refractivity contribution in [3.05, 3.63) is 17.1 Å². The first-order valence-electron chi connectivity index (χ1n) is 7.05. The van der Waals surface area contributed by atoms with Crippen molar-refractivity contribution in [1.29, 1.82) is 0 Å². The molecule has 7 heteroatoms. The highest BCUT2D eigenvalue weighted by Gasteiger charge is 2.28. The Hall–Kier alpha value is -1.73. The van der Waals surface area contributed by atoms with Gasteiger partial charge in [0.15, 0.2) is 0 Å². The van der Waals surface area contributed by atoms with Crippen molar-refractivity contribution < 1.29 is 9.90 Å². The van der Waals surface area contributed by atoms with Gasteiger partial charge in [-0.1, -0.05) is 0 Å². The molecule has 3 heterocycles. The number of piperidine rings is 1. The van der Waals surface area contributed by atoms with Gasteiger partial charge in [-0.2, -0.15) is 5.10 Å². The molecule has 0 aliphatic carbocycles. The van der Waals surface area contributed by atoms with Crippen molar-refractivity contribution in [2.45, 2.75) is 25.9 Å². The topological polar surface area (TPSA) is 92.3 Å². The number of thiophene rings is 1. The predicted molar refractivity (Wildman–Crippen MR) is 82.1 cm³/mol. The zero-order valence-corrected chi connectivity index (χ0v) is 12.6. The van der Waals surface area contributed by atoms with Crippen LogP contribution in [-0.2, 0) is 0 Å². The number of rotatable bonds is 2. The lowest BCUT2D eigenvalue weighted by molar-refractivity contribution is 0.0526. The zero-order valence-electron chi connectivity index (χ0n) is 11.8. The molecular weight excluding hydrogens is 288 g/mol. The third kappa shape index (κ3) is 2.58. The lowest BCUT2D eigenvalue weighted by atomic mass is 9.92. The van der Waals surface area contributed by atoms with Crippen LogP contribution in [0.25, 0.3) is 10.2 Å². The molecule has 1 atom stereocenters. The van der Waals surface area contributed by atoms with Crippen molar-refractivity contribution in [1.82, 2.24) is 15.1 Å². The number of nitrogen functional groups attached to an aromatic ring is 1. The number of nitrogens with zero attached hydrogens (tertiary/aromatic N) is 3. The van der Waals surface area contributed by atoms with Gasteiger partial charge >= 0.3 is 0 Å². The summed E-state index contributed by atoms with van der Waals surface area (Å²) >= 11 is 1.29. The van der Waals surface area contributed by atoms with Crippen LogP contribution in [0.5, 0.6) is 0 Å². The molecule has 112 valence electrons. The zero-order chi connectivity index (χ0) is 15.0. The number of aromatic nitrogens is 2. The molecule has 1 amide bonds. The first-order valence-corrected chi connectivity index (χ1v) is 7.86. The Morgan fingerprint density at radius 1 is 1.52 bits per heavy atom. The van der Waals surface area contributed by atoms with Crippen molar-refractivity contribution in [3.63, 3.8) is 0 Å². The van der Waals surface area contributed by atoms with Crippen LogP contribution >= 0.6 is 11.3 Å². The van der Waals surface area contributed by atoms with Gasteiger partial charge in [0.25, 0.3) is 5.91 Å². The van der Waals surface area contributed by atoms with Gasteiger partial charge in [-0.15, -0.1) is 16.4 Å². The molecule has 21 heavy (non-hydrogen) atoms. The van der Waals surface area contributed by atoms with E-state index in [2.05, 4.69) is 10.2 Å². The van der Waals surface area contributed by atoms with E-state index in [1.165, 1.54) is 11.3 Å². The van der Waals surface area contributed by atoms with E-state index in [4.69, 9.17) is 5.73 Å². The minimum atomic E-state index is -0.313. The largest absolute Gasteiger partial charge is 0.397 e. The summed E-state index contributed by atoms with van der Waals surface area (Å²) in [5.74, 6) is 0.235. The van der Waals surface area contributed by atoms with E-state index in [9.17, 15) is 9.90 Å². The predicted octanol–water partition coefficient (Wildman–Crippen LogP) is 1.51. The Kier molecular flexibility index (Phi) is 3.77. The molecule has 1 aliphatic heterocycles. The highest BCUT2D eigenvalue weighted by atomic mass is 32.1. The lowest BCUT2D eigenvalue weighted by Crippen LogP contribution is -2.40. The molecule has 0 aromatic carbocycles. The summed E-state index contributed by atoms with van der Waals surface area (Å²) in [4.78, 5) is 15.7. The standard InChI is InChI=1S/C14H18N4O2S/c1-8(19)9-3-6-18(7-4-9)14(20)12-11(15)10-2-5-16-17-13(10)21-12/h2,5,8-9,19H,3-4,6-7,15H2,1H3. The van der Waals surface area contributed by atoms with Crippen molar-refractivity contribution in [2.75, 3.05) is 18.8 Å². The van der Waals surface area contributed by atoms with Crippen LogP contribution in [-0.4, -0.2) is 45.3 Å². The maximum atomic E-state index is 12.6. The first kappa shape index (κ1) is 14.2. The van der Waals surface area contributed by atoms with Crippen LogP contribution in [0, 0.1) is 5.92 Å². The fourth-order valence-corrected chi connectivity index (χ4v) is 3.77. The van der Waals surface area contributed by atoms with E-state index < -0.39 is 0 Å². The number of likely N-dealkylation sites (tertiary alicyclic amines) is 1. The number of carbonyl (C=O) groups excluding carboxylic acids is 1. The summed E-state index contributed by atoms with van der Waals surface area (Å²) in [6.45, 7) is 3.13. The van der Waals surface area contributed by atoms with E-state index in [0.717, 1.165) is 18.2 Å².